The molecule has 0 aliphatic heterocycles. The number of aryl methyl sites for hydroxylation is 2. The number of phenols is 1. The summed E-state index contributed by atoms with van der Waals surface area (Å²) in [6.07, 6.45) is 4.08. The summed E-state index contributed by atoms with van der Waals surface area (Å²) in [7, 11) is 0. The van der Waals surface area contributed by atoms with Gasteiger partial charge in [-0.25, -0.2) is 5.43 Å². The molecule has 1 heterocycles. The standard InChI is InChI=1S/C17H18N2O3/c1-10-6-7-15(20)16-12(10)4-3-5-14(16)18-19-17(21)13-8-9-22-11(13)2/h6-9,20H,3-5H2,1-2H3,(H,19,21)/b18-14+. The van der Waals surface area contributed by atoms with Gasteiger partial charge in [0.2, 0.25) is 0 Å². The van der Waals surface area contributed by atoms with Crippen molar-refractivity contribution in [2.24, 2.45) is 5.10 Å². The van der Waals surface area contributed by atoms with Gasteiger partial charge in [-0.15, -0.1) is 0 Å². The fraction of sp³-hybridized carbons (Fsp3) is 0.294. The molecule has 0 radical (unpaired) electrons. The van der Waals surface area contributed by atoms with Crippen LogP contribution in [-0.2, 0) is 6.42 Å². The van der Waals surface area contributed by atoms with Crippen molar-refractivity contribution >= 4 is 11.6 Å². The van der Waals surface area contributed by atoms with Crippen LogP contribution in [-0.4, -0.2) is 16.7 Å². The summed E-state index contributed by atoms with van der Waals surface area (Å²) in [6, 6.07) is 5.20. The number of aromatic hydroxyl groups is 1. The van der Waals surface area contributed by atoms with Gasteiger partial charge in [-0.2, -0.15) is 5.10 Å². The maximum Gasteiger partial charge on any atom is 0.274 e. The van der Waals surface area contributed by atoms with Gasteiger partial charge in [0.25, 0.3) is 5.91 Å². The molecule has 114 valence electrons. The van der Waals surface area contributed by atoms with Crippen molar-refractivity contribution < 1.29 is 14.3 Å². The molecule has 0 unspecified atom stereocenters. The van der Waals surface area contributed by atoms with Crippen molar-refractivity contribution in [3.8, 4) is 5.75 Å². The van der Waals surface area contributed by atoms with E-state index in [4.69, 9.17) is 4.42 Å². The van der Waals surface area contributed by atoms with Gasteiger partial charge in [-0.05, 0) is 56.4 Å². The number of fused-ring (bicyclic) bond motifs is 1. The van der Waals surface area contributed by atoms with Gasteiger partial charge in [-0.3, -0.25) is 4.79 Å². The number of rotatable bonds is 2. The van der Waals surface area contributed by atoms with E-state index in [1.807, 2.05) is 13.0 Å². The summed E-state index contributed by atoms with van der Waals surface area (Å²) in [5.41, 5.74) is 6.75. The van der Waals surface area contributed by atoms with Crippen molar-refractivity contribution in [2.75, 3.05) is 0 Å². The zero-order valence-corrected chi connectivity index (χ0v) is 12.6. The Labute approximate surface area is 128 Å². The lowest BCUT2D eigenvalue weighted by molar-refractivity contribution is 0.0953. The Balaban J connectivity index is 1.90. The highest BCUT2D eigenvalue weighted by Crippen LogP contribution is 2.31. The average Bonchev–Trinajstić information content (AvgIpc) is 2.94. The number of amides is 1. The largest absolute Gasteiger partial charge is 0.507 e. The predicted octanol–water partition coefficient (Wildman–Crippen LogP) is 3.07. The summed E-state index contributed by atoms with van der Waals surface area (Å²) in [6.45, 7) is 3.75. The van der Waals surface area contributed by atoms with Gasteiger partial charge in [0, 0.05) is 5.56 Å². The van der Waals surface area contributed by atoms with Crippen LogP contribution in [0.15, 0.2) is 34.0 Å². The second-order valence-electron chi connectivity index (χ2n) is 5.50. The Bertz CT molecular complexity index is 759. The second-order valence-corrected chi connectivity index (χ2v) is 5.50. The fourth-order valence-corrected chi connectivity index (χ4v) is 2.85. The maximum atomic E-state index is 12.1. The smallest absolute Gasteiger partial charge is 0.274 e. The van der Waals surface area contributed by atoms with E-state index in [0.717, 1.165) is 41.7 Å². The molecule has 0 atom stereocenters. The minimum absolute atomic E-state index is 0.216. The average molecular weight is 298 g/mol. The number of carbonyl (C=O) groups is 1. The first-order valence-corrected chi connectivity index (χ1v) is 7.30. The van der Waals surface area contributed by atoms with E-state index in [9.17, 15) is 9.90 Å². The summed E-state index contributed by atoms with van der Waals surface area (Å²) in [4.78, 5) is 12.1. The zero-order valence-electron chi connectivity index (χ0n) is 12.6. The van der Waals surface area contributed by atoms with Gasteiger partial charge < -0.3 is 9.52 Å². The third-order valence-corrected chi connectivity index (χ3v) is 4.05. The molecule has 1 amide bonds. The normalized spacial score (nSPS) is 15.6. The quantitative estimate of drug-likeness (QED) is 0.837. The summed E-state index contributed by atoms with van der Waals surface area (Å²) < 4.78 is 5.12. The van der Waals surface area contributed by atoms with Crippen LogP contribution in [0.1, 0.15) is 45.7 Å². The lowest BCUT2D eigenvalue weighted by Gasteiger charge is -2.20. The molecule has 5 heteroatoms. The molecular formula is C17H18N2O3. The SMILES string of the molecule is Cc1ccc(O)c2c1CCC/C2=N\NC(=O)c1ccoc1C. The first kappa shape index (κ1) is 14.4. The van der Waals surface area contributed by atoms with Gasteiger partial charge in [0.05, 0.1) is 17.5 Å². The number of carbonyl (C=O) groups excluding carboxylic acids is 1. The zero-order chi connectivity index (χ0) is 15.7. The highest BCUT2D eigenvalue weighted by molar-refractivity contribution is 6.06. The lowest BCUT2D eigenvalue weighted by atomic mass is 9.86. The number of nitrogens with zero attached hydrogens (tertiary/aromatic N) is 1. The summed E-state index contributed by atoms with van der Waals surface area (Å²) in [5, 5.41) is 14.4. The Morgan fingerprint density at radius 3 is 2.82 bits per heavy atom. The minimum atomic E-state index is -0.307. The molecule has 1 aliphatic rings. The van der Waals surface area contributed by atoms with Crippen LogP contribution in [0.25, 0.3) is 0 Å². The number of phenolic OH excluding ortho intramolecular Hbond substituents is 1. The lowest BCUT2D eigenvalue weighted by Crippen LogP contribution is -2.22. The van der Waals surface area contributed by atoms with Crippen LogP contribution in [0.5, 0.6) is 5.75 Å². The molecule has 1 aromatic heterocycles. The van der Waals surface area contributed by atoms with Crippen LogP contribution in [0.3, 0.4) is 0 Å². The molecule has 22 heavy (non-hydrogen) atoms. The van der Waals surface area contributed by atoms with Crippen LogP contribution in [0.2, 0.25) is 0 Å². The van der Waals surface area contributed by atoms with Gasteiger partial charge in [-0.1, -0.05) is 6.07 Å². The Morgan fingerprint density at radius 2 is 2.09 bits per heavy atom. The van der Waals surface area contributed by atoms with E-state index in [1.165, 1.54) is 6.26 Å². The number of furan rings is 1. The molecule has 3 rings (SSSR count). The Hall–Kier alpha value is -2.56. The van der Waals surface area contributed by atoms with Crippen molar-refractivity contribution in [3.05, 3.63) is 52.5 Å². The summed E-state index contributed by atoms with van der Waals surface area (Å²) in [5.74, 6) is 0.464. The second kappa shape index (κ2) is 5.67. The number of nitrogens with one attached hydrogen (secondary N) is 1. The molecule has 0 spiro atoms. The molecule has 0 fully saturated rings. The van der Waals surface area contributed by atoms with Crippen molar-refractivity contribution in [3.63, 3.8) is 0 Å². The third-order valence-electron chi connectivity index (χ3n) is 4.05. The molecular weight excluding hydrogens is 280 g/mol. The van der Waals surface area contributed by atoms with E-state index in [2.05, 4.69) is 10.5 Å². The van der Waals surface area contributed by atoms with Crippen molar-refractivity contribution in [1.29, 1.82) is 0 Å². The van der Waals surface area contributed by atoms with E-state index in [1.54, 1.807) is 19.1 Å². The van der Waals surface area contributed by atoms with Crippen molar-refractivity contribution in [2.45, 2.75) is 33.1 Å². The van der Waals surface area contributed by atoms with Crippen molar-refractivity contribution in [1.82, 2.24) is 5.43 Å². The highest BCUT2D eigenvalue weighted by Gasteiger charge is 2.21. The molecule has 1 aliphatic carbocycles. The fourth-order valence-electron chi connectivity index (χ4n) is 2.85. The molecule has 1 aromatic carbocycles. The molecule has 0 saturated heterocycles. The molecule has 2 N–H and O–H groups in total. The topological polar surface area (TPSA) is 74.8 Å². The minimum Gasteiger partial charge on any atom is -0.507 e. The predicted molar refractivity (Wildman–Crippen MR) is 83.2 cm³/mol. The molecule has 2 aromatic rings. The van der Waals surface area contributed by atoms with Gasteiger partial charge >= 0.3 is 0 Å². The maximum absolute atomic E-state index is 12.1. The molecule has 0 bridgehead atoms. The van der Waals surface area contributed by atoms with Crippen LogP contribution >= 0.6 is 0 Å². The first-order chi connectivity index (χ1) is 10.6. The molecule has 5 nitrogen and oxygen atoms in total. The van der Waals surface area contributed by atoms with Crippen LogP contribution in [0.4, 0.5) is 0 Å². The van der Waals surface area contributed by atoms with Crippen LogP contribution < -0.4 is 5.43 Å². The first-order valence-electron chi connectivity index (χ1n) is 7.30. The van der Waals surface area contributed by atoms with E-state index in [0.29, 0.717) is 11.3 Å². The number of hydrogen-bond donors (Lipinski definition) is 2. The third kappa shape index (κ3) is 2.50. The number of hydrazone groups is 1. The highest BCUT2D eigenvalue weighted by atomic mass is 16.3. The summed E-state index contributed by atoms with van der Waals surface area (Å²) >= 11 is 0. The van der Waals surface area contributed by atoms with E-state index < -0.39 is 0 Å². The molecule has 0 saturated carbocycles. The van der Waals surface area contributed by atoms with E-state index >= 15 is 0 Å². The number of benzene rings is 1. The monoisotopic (exact) mass is 298 g/mol. The Kier molecular flexibility index (Phi) is 3.71. The van der Waals surface area contributed by atoms with Gasteiger partial charge in [0.1, 0.15) is 11.5 Å². The van der Waals surface area contributed by atoms with E-state index in [-0.39, 0.29) is 11.7 Å². The Morgan fingerprint density at radius 1 is 1.27 bits per heavy atom. The van der Waals surface area contributed by atoms with Gasteiger partial charge in [0.15, 0.2) is 0 Å². The van der Waals surface area contributed by atoms with Crippen LogP contribution in [0, 0.1) is 13.8 Å². The number of hydrogen-bond acceptors (Lipinski definition) is 4.